The molecule has 4 heterocycles. The van der Waals surface area contributed by atoms with Gasteiger partial charge in [0.1, 0.15) is 0 Å². The third kappa shape index (κ3) is 2.61. The Morgan fingerprint density at radius 3 is 2.03 bits per heavy atom. The first-order valence-corrected chi connectivity index (χ1v) is 11.3. The molecule has 0 unspecified atom stereocenters. The van der Waals surface area contributed by atoms with E-state index in [4.69, 9.17) is 4.98 Å². The predicted octanol–water partition coefficient (Wildman–Crippen LogP) is 7.12. The Balaban J connectivity index is 1.52. The van der Waals surface area contributed by atoms with Crippen LogP contribution >= 0.6 is 0 Å². The normalized spacial score (nSPS) is 12.7. The van der Waals surface area contributed by atoms with Crippen molar-refractivity contribution in [2.75, 3.05) is 16.8 Å². The fourth-order valence-corrected chi connectivity index (χ4v) is 5.14. The van der Waals surface area contributed by atoms with E-state index in [0.29, 0.717) is 0 Å². The lowest BCUT2D eigenvalue weighted by molar-refractivity contribution is 1.13. The van der Waals surface area contributed by atoms with Crippen LogP contribution in [-0.2, 0) is 0 Å². The Morgan fingerprint density at radius 2 is 1.32 bits per heavy atom. The molecule has 0 spiro atoms. The van der Waals surface area contributed by atoms with Crippen LogP contribution in [0.4, 0.5) is 28.4 Å². The molecule has 0 radical (unpaired) electrons. The third-order valence-electron chi connectivity index (χ3n) is 6.63. The smallest absolute Gasteiger partial charge is 0.0964 e. The molecule has 0 fully saturated rings. The van der Waals surface area contributed by atoms with Gasteiger partial charge in [0.15, 0.2) is 0 Å². The summed E-state index contributed by atoms with van der Waals surface area (Å²) in [4.78, 5) is 13.7. The summed E-state index contributed by atoms with van der Waals surface area (Å²) in [5.41, 5.74) is 9.98. The number of nitrogens with zero attached hydrogens (tertiary/aromatic N) is 5. The maximum absolute atomic E-state index is 4.77. The van der Waals surface area contributed by atoms with Crippen LogP contribution in [0.1, 0.15) is 0 Å². The van der Waals surface area contributed by atoms with Crippen molar-refractivity contribution in [3.8, 4) is 5.69 Å². The van der Waals surface area contributed by atoms with Crippen molar-refractivity contribution < 1.29 is 0 Å². The molecule has 0 atom stereocenters. The van der Waals surface area contributed by atoms with E-state index in [1.807, 2.05) is 24.5 Å². The number of anilines is 5. The van der Waals surface area contributed by atoms with Crippen molar-refractivity contribution in [3.05, 3.63) is 110 Å². The highest BCUT2D eigenvalue weighted by Gasteiger charge is 2.27. The molecular formula is C29H21N5. The minimum absolute atomic E-state index is 0.985. The number of rotatable bonds is 2. The van der Waals surface area contributed by atoms with Gasteiger partial charge in [-0.2, -0.15) is 0 Å². The van der Waals surface area contributed by atoms with Gasteiger partial charge in [-0.25, -0.2) is 0 Å². The number of hydrogen-bond acceptors (Lipinski definition) is 4. The molecule has 0 bridgehead atoms. The minimum Gasteiger partial charge on any atom is -0.341 e. The molecule has 34 heavy (non-hydrogen) atoms. The maximum Gasteiger partial charge on any atom is 0.0964 e. The molecular weight excluding hydrogens is 418 g/mol. The van der Waals surface area contributed by atoms with Gasteiger partial charge in [-0.05, 0) is 66.7 Å². The van der Waals surface area contributed by atoms with Crippen molar-refractivity contribution in [2.45, 2.75) is 0 Å². The van der Waals surface area contributed by atoms with Crippen molar-refractivity contribution in [2.24, 2.45) is 0 Å². The average molecular weight is 440 g/mol. The zero-order valence-corrected chi connectivity index (χ0v) is 18.6. The number of para-hydroxylation sites is 4. The quantitative estimate of drug-likeness (QED) is 0.288. The molecule has 1 aliphatic rings. The Hall–Kier alpha value is -4.64. The molecule has 0 N–H and O–H groups in total. The maximum atomic E-state index is 4.77. The SMILES string of the molecule is CN1c2ccccc2N(c2ccc3c(c2)c2ncccc2n3-c2cccnc2)c2ccccc21. The van der Waals surface area contributed by atoms with Gasteiger partial charge in [0.2, 0.25) is 0 Å². The van der Waals surface area contributed by atoms with E-state index in [0.717, 1.165) is 44.7 Å². The second-order valence-electron chi connectivity index (χ2n) is 8.49. The van der Waals surface area contributed by atoms with Gasteiger partial charge in [0.05, 0.1) is 51.2 Å². The van der Waals surface area contributed by atoms with Crippen LogP contribution in [0, 0.1) is 0 Å². The first kappa shape index (κ1) is 18.9. The van der Waals surface area contributed by atoms with E-state index >= 15 is 0 Å². The summed E-state index contributed by atoms with van der Waals surface area (Å²) in [6.07, 6.45) is 5.56. The van der Waals surface area contributed by atoms with Crippen LogP contribution in [0.2, 0.25) is 0 Å². The molecule has 1 aliphatic heterocycles. The first-order valence-electron chi connectivity index (χ1n) is 11.3. The van der Waals surface area contributed by atoms with Gasteiger partial charge in [-0.1, -0.05) is 24.3 Å². The van der Waals surface area contributed by atoms with Gasteiger partial charge in [0, 0.05) is 30.5 Å². The molecule has 7 rings (SSSR count). The largest absolute Gasteiger partial charge is 0.341 e. The summed E-state index contributed by atoms with van der Waals surface area (Å²) < 4.78 is 2.24. The second-order valence-corrected chi connectivity index (χ2v) is 8.49. The van der Waals surface area contributed by atoms with E-state index in [1.165, 1.54) is 11.4 Å². The van der Waals surface area contributed by atoms with Gasteiger partial charge in [-0.15, -0.1) is 0 Å². The lowest BCUT2D eigenvalue weighted by atomic mass is 10.1. The van der Waals surface area contributed by atoms with Gasteiger partial charge in [-0.3, -0.25) is 9.97 Å². The van der Waals surface area contributed by atoms with Crippen molar-refractivity contribution >= 4 is 50.4 Å². The highest BCUT2D eigenvalue weighted by atomic mass is 15.3. The number of pyridine rings is 2. The molecule has 5 heteroatoms. The first-order chi connectivity index (χ1) is 16.8. The zero-order valence-electron chi connectivity index (χ0n) is 18.6. The fraction of sp³-hybridized carbons (Fsp3) is 0.0345. The predicted molar refractivity (Wildman–Crippen MR) is 139 cm³/mol. The fourth-order valence-electron chi connectivity index (χ4n) is 5.14. The summed E-state index contributed by atoms with van der Waals surface area (Å²) >= 11 is 0. The average Bonchev–Trinajstić information content (AvgIpc) is 3.23. The lowest BCUT2D eigenvalue weighted by Gasteiger charge is -2.38. The molecule has 0 saturated heterocycles. The topological polar surface area (TPSA) is 37.2 Å². The lowest BCUT2D eigenvalue weighted by Crippen LogP contribution is -2.23. The Kier molecular flexibility index (Phi) is 3.99. The highest BCUT2D eigenvalue weighted by molar-refractivity contribution is 6.09. The van der Waals surface area contributed by atoms with Crippen LogP contribution in [0.5, 0.6) is 0 Å². The summed E-state index contributed by atoms with van der Waals surface area (Å²) in [7, 11) is 2.13. The Labute approximate surface area is 197 Å². The second kappa shape index (κ2) is 7.18. The molecule has 0 amide bonds. The molecule has 3 aromatic carbocycles. The minimum atomic E-state index is 0.985. The molecule has 6 aromatic rings. The highest BCUT2D eigenvalue weighted by Crippen LogP contribution is 2.51. The van der Waals surface area contributed by atoms with Crippen LogP contribution in [0.15, 0.2) is 110 Å². The Morgan fingerprint density at radius 1 is 0.618 bits per heavy atom. The number of benzene rings is 3. The summed E-state index contributed by atoms with van der Waals surface area (Å²) in [5.74, 6) is 0. The summed E-state index contributed by atoms with van der Waals surface area (Å²) in [5, 5.41) is 1.12. The number of hydrogen-bond donors (Lipinski definition) is 0. The van der Waals surface area contributed by atoms with E-state index in [1.54, 1.807) is 6.20 Å². The third-order valence-corrected chi connectivity index (χ3v) is 6.63. The van der Waals surface area contributed by atoms with Crippen molar-refractivity contribution in [1.82, 2.24) is 14.5 Å². The van der Waals surface area contributed by atoms with Crippen LogP contribution in [-0.4, -0.2) is 21.6 Å². The van der Waals surface area contributed by atoms with Crippen LogP contribution in [0.3, 0.4) is 0 Å². The standard InChI is InChI=1S/C29H21N5/c1-32-24-9-2-4-11-26(24)33(27-12-5-3-10-25(27)32)20-14-15-23-22(18-20)29-28(13-7-17-31-29)34(23)21-8-6-16-30-19-21/h2-19H,1H3. The van der Waals surface area contributed by atoms with Crippen LogP contribution in [0.25, 0.3) is 27.6 Å². The molecule has 0 saturated carbocycles. The van der Waals surface area contributed by atoms with Gasteiger partial charge < -0.3 is 14.4 Å². The molecule has 162 valence electrons. The zero-order chi connectivity index (χ0) is 22.6. The summed E-state index contributed by atoms with van der Waals surface area (Å²) in [6.45, 7) is 0. The van der Waals surface area contributed by atoms with Crippen molar-refractivity contribution in [3.63, 3.8) is 0 Å². The molecule has 3 aromatic heterocycles. The van der Waals surface area contributed by atoms with E-state index in [2.05, 4.69) is 105 Å². The number of fused-ring (bicyclic) bond motifs is 5. The number of aromatic nitrogens is 3. The van der Waals surface area contributed by atoms with Gasteiger partial charge in [0.25, 0.3) is 0 Å². The van der Waals surface area contributed by atoms with E-state index in [-0.39, 0.29) is 0 Å². The van der Waals surface area contributed by atoms with Crippen LogP contribution < -0.4 is 9.80 Å². The summed E-state index contributed by atoms with van der Waals surface area (Å²) in [6, 6.07) is 31.9. The van der Waals surface area contributed by atoms with E-state index in [9.17, 15) is 0 Å². The molecule has 0 aliphatic carbocycles. The van der Waals surface area contributed by atoms with E-state index < -0.39 is 0 Å². The molecule has 5 nitrogen and oxygen atoms in total. The van der Waals surface area contributed by atoms with Gasteiger partial charge >= 0.3 is 0 Å². The van der Waals surface area contributed by atoms with Crippen molar-refractivity contribution in [1.29, 1.82) is 0 Å². The Bertz CT molecular complexity index is 1640. The monoisotopic (exact) mass is 439 g/mol.